The molecule has 0 saturated heterocycles. The Morgan fingerprint density at radius 1 is 1.09 bits per heavy atom. The number of phenolic OH excluding ortho intramolecular Hbond substituents is 1. The van der Waals surface area contributed by atoms with Crippen molar-refractivity contribution in [1.82, 2.24) is 0 Å². The first kappa shape index (κ1) is 24.8. The van der Waals surface area contributed by atoms with Gasteiger partial charge in [-0.1, -0.05) is 27.7 Å². The number of phenols is 1. The summed E-state index contributed by atoms with van der Waals surface area (Å²) in [7, 11) is 4.66. The summed E-state index contributed by atoms with van der Waals surface area (Å²) < 4.78 is 34.5. The van der Waals surface area contributed by atoms with E-state index in [1.807, 2.05) is 19.9 Å². The molecule has 1 heterocycles. The SMILES string of the molecule is CCC(C)C(=O)O[C@@H]1c2cc3c(c(O)c2-c2c(cc(OC)c(OC)c2OC)C[C@@H](C)[C@H]1C)OCO3. The molecule has 1 aliphatic heterocycles. The first-order valence-electron chi connectivity index (χ1n) is 11.9. The number of hydrogen-bond donors (Lipinski definition) is 1. The lowest BCUT2D eigenvalue weighted by Crippen LogP contribution is -2.28. The van der Waals surface area contributed by atoms with E-state index in [4.69, 9.17) is 28.4 Å². The Labute approximate surface area is 206 Å². The smallest absolute Gasteiger partial charge is 0.309 e. The van der Waals surface area contributed by atoms with Crippen molar-refractivity contribution in [2.45, 2.75) is 46.6 Å². The van der Waals surface area contributed by atoms with Gasteiger partial charge in [-0.15, -0.1) is 0 Å². The molecule has 1 aliphatic carbocycles. The maximum absolute atomic E-state index is 13.0. The molecule has 8 heteroatoms. The van der Waals surface area contributed by atoms with Crippen molar-refractivity contribution in [1.29, 1.82) is 0 Å². The third kappa shape index (κ3) is 4.09. The van der Waals surface area contributed by atoms with Crippen LogP contribution in [0.3, 0.4) is 0 Å². The lowest BCUT2D eigenvalue weighted by molar-refractivity contribution is -0.157. The third-order valence-corrected chi connectivity index (χ3v) is 7.31. The van der Waals surface area contributed by atoms with Gasteiger partial charge in [0.05, 0.1) is 27.2 Å². The number of hydrogen-bond acceptors (Lipinski definition) is 8. The number of ether oxygens (including phenoxy) is 6. The second kappa shape index (κ2) is 9.76. The summed E-state index contributed by atoms with van der Waals surface area (Å²) in [6.45, 7) is 7.99. The predicted octanol–water partition coefficient (Wildman–Crippen LogP) is 5.27. The van der Waals surface area contributed by atoms with Gasteiger partial charge in [0.15, 0.2) is 23.0 Å². The van der Waals surface area contributed by atoms with E-state index in [2.05, 4.69) is 13.8 Å². The lowest BCUT2D eigenvalue weighted by Gasteiger charge is -2.35. The number of esters is 1. The molecule has 190 valence electrons. The molecule has 0 aromatic heterocycles. The van der Waals surface area contributed by atoms with Gasteiger partial charge in [0.25, 0.3) is 0 Å². The second-order valence-electron chi connectivity index (χ2n) is 9.31. The van der Waals surface area contributed by atoms with Gasteiger partial charge in [0, 0.05) is 22.6 Å². The van der Waals surface area contributed by atoms with Crippen LogP contribution in [0.25, 0.3) is 11.1 Å². The van der Waals surface area contributed by atoms with Crippen molar-refractivity contribution in [2.75, 3.05) is 28.1 Å². The van der Waals surface area contributed by atoms with Crippen LogP contribution in [-0.2, 0) is 16.0 Å². The lowest BCUT2D eigenvalue weighted by atomic mass is 9.75. The fraction of sp³-hybridized carbons (Fsp3) is 0.519. The number of carbonyl (C=O) groups is 1. The van der Waals surface area contributed by atoms with Gasteiger partial charge in [-0.25, -0.2) is 0 Å². The summed E-state index contributed by atoms with van der Waals surface area (Å²) in [5.41, 5.74) is 2.68. The first-order chi connectivity index (χ1) is 16.8. The molecule has 0 radical (unpaired) electrons. The topological polar surface area (TPSA) is 92.7 Å². The zero-order chi connectivity index (χ0) is 25.4. The van der Waals surface area contributed by atoms with Crippen LogP contribution in [0, 0.1) is 17.8 Å². The zero-order valence-corrected chi connectivity index (χ0v) is 21.4. The number of benzene rings is 2. The van der Waals surface area contributed by atoms with Gasteiger partial charge in [-0.3, -0.25) is 4.79 Å². The van der Waals surface area contributed by atoms with E-state index in [1.54, 1.807) is 20.3 Å². The molecule has 2 aliphatic rings. The third-order valence-electron chi connectivity index (χ3n) is 7.31. The predicted molar refractivity (Wildman–Crippen MR) is 130 cm³/mol. The van der Waals surface area contributed by atoms with Gasteiger partial charge < -0.3 is 33.5 Å². The highest BCUT2D eigenvalue weighted by Crippen LogP contribution is 2.58. The molecule has 2 aromatic rings. The second-order valence-corrected chi connectivity index (χ2v) is 9.31. The maximum atomic E-state index is 13.0. The van der Waals surface area contributed by atoms with Gasteiger partial charge >= 0.3 is 5.97 Å². The van der Waals surface area contributed by atoms with E-state index >= 15 is 0 Å². The molecule has 0 bridgehead atoms. The van der Waals surface area contributed by atoms with Crippen LogP contribution in [0.5, 0.6) is 34.5 Å². The van der Waals surface area contributed by atoms with Gasteiger partial charge in [-0.05, 0) is 36.5 Å². The summed E-state index contributed by atoms with van der Waals surface area (Å²) in [6, 6.07) is 3.72. The minimum atomic E-state index is -0.618. The highest BCUT2D eigenvalue weighted by Gasteiger charge is 2.40. The maximum Gasteiger partial charge on any atom is 0.309 e. The van der Waals surface area contributed by atoms with Crippen molar-refractivity contribution >= 4 is 5.97 Å². The summed E-state index contributed by atoms with van der Waals surface area (Å²) in [5.74, 6) is 1.46. The van der Waals surface area contributed by atoms with Crippen molar-refractivity contribution in [3.05, 3.63) is 23.3 Å². The van der Waals surface area contributed by atoms with E-state index in [1.165, 1.54) is 7.11 Å². The molecule has 35 heavy (non-hydrogen) atoms. The zero-order valence-electron chi connectivity index (χ0n) is 21.4. The number of rotatable bonds is 6. The highest BCUT2D eigenvalue weighted by molar-refractivity contribution is 5.88. The van der Waals surface area contributed by atoms with E-state index in [0.29, 0.717) is 52.5 Å². The summed E-state index contributed by atoms with van der Waals surface area (Å²) in [6.07, 6.45) is 0.688. The number of methoxy groups -OCH3 is 3. The standard InChI is InChI=1S/C27H34O8/c1-8-13(2)27(29)35-23-15(4)14(3)9-16-10-18(30-5)25(31-6)26(32-7)20(16)21-17(23)11-19-24(22(21)28)34-12-33-19/h10-11,13-15,23,28H,8-9,12H2,1-7H3/t13?,14-,15-,23+/m1/s1. The van der Waals surface area contributed by atoms with Crippen LogP contribution >= 0.6 is 0 Å². The normalized spacial score (nSPS) is 21.2. The fourth-order valence-corrected chi connectivity index (χ4v) is 4.87. The molecule has 0 amide bonds. The molecule has 8 nitrogen and oxygen atoms in total. The average Bonchev–Trinajstić information content (AvgIpc) is 3.34. The van der Waals surface area contributed by atoms with Crippen LogP contribution < -0.4 is 23.7 Å². The van der Waals surface area contributed by atoms with Crippen molar-refractivity contribution in [2.24, 2.45) is 17.8 Å². The van der Waals surface area contributed by atoms with Crippen molar-refractivity contribution < 1.29 is 38.3 Å². The van der Waals surface area contributed by atoms with Crippen LogP contribution in [0.1, 0.15) is 51.3 Å². The number of fused-ring (bicyclic) bond motifs is 4. The molecule has 4 rings (SSSR count). The molecule has 0 spiro atoms. The summed E-state index contributed by atoms with van der Waals surface area (Å²) in [5, 5.41) is 11.5. The molecular formula is C27H34O8. The van der Waals surface area contributed by atoms with E-state index in [9.17, 15) is 9.90 Å². The quantitative estimate of drug-likeness (QED) is 0.552. The van der Waals surface area contributed by atoms with E-state index in [-0.39, 0.29) is 42.0 Å². The minimum absolute atomic E-state index is 0.00894. The highest BCUT2D eigenvalue weighted by atomic mass is 16.7. The van der Waals surface area contributed by atoms with Crippen molar-refractivity contribution in [3.63, 3.8) is 0 Å². The fourth-order valence-electron chi connectivity index (χ4n) is 4.87. The Morgan fingerprint density at radius 2 is 1.80 bits per heavy atom. The van der Waals surface area contributed by atoms with E-state index < -0.39 is 6.10 Å². The van der Waals surface area contributed by atoms with Crippen LogP contribution in [0.4, 0.5) is 0 Å². The van der Waals surface area contributed by atoms with Crippen LogP contribution in [0.2, 0.25) is 0 Å². The molecule has 2 aromatic carbocycles. The minimum Gasteiger partial charge on any atom is -0.504 e. The molecule has 1 N–H and O–H groups in total. The molecule has 4 atom stereocenters. The number of aromatic hydroxyl groups is 1. The number of carbonyl (C=O) groups excluding carboxylic acids is 1. The molecule has 0 saturated carbocycles. The Morgan fingerprint density at radius 3 is 2.43 bits per heavy atom. The summed E-state index contributed by atoms with van der Waals surface area (Å²) in [4.78, 5) is 13.0. The van der Waals surface area contributed by atoms with Crippen LogP contribution in [0.15, 0.2) is 12.1 Å². The Balaban J connectivity index is 2.07. The average molecular weight is 487 g/mol. The Kier molecular flexibility index (Phi) is 6.92. The van der Waals surface area contributed by atoms with Gasteiger partial charge in [0.1, 0.15) is 6.10 Å². The van der Waals surface area contributed by atoms with Gasteiger partial charge in [0.2, 0.25) is 18.3 Å². The van der Waals surface area contributed by atoms with Crippen LogP contribution in [-0.4, -0.2) is 39.2 Å². The van der Waals surface area contributed by atoms with Crippen molar-refractivity contribution in [3.8, 4) is 45.6 Å². The largest absolute Gasteiger partial charge is 0.504 e. The summed E-state index contributed by atoms with van der Waals surface area (Å²) >= 11 is 0. The Hall–Kier alpha value is -3.29. The van der Waals surface area contributed by atoms with Gasteiger partial charge in [-0.2, -0.15) is 0 Å². The Bertz CT molecular complexity index is 1130. The molecular weight excluding hydrogens is 452 g/mol. The molecule has 1 unspecified atom stereocenters. The molecule has 0 fully saturated rings. The monoisotopic (exact) mass is 486 g/mol. The van der Waals surface area contributed by atoms with E-state index in [0.717, 1.165) is 5.56 Å². The first-order valence-corrected chi connectivity index (χ1v) is 11.9.